The summed E-state index contributed by atoms with van der Waals surface area (Å²) in [4.78, 5) is 25.4. The number of amides is 1. The largest absolute Gasteiger partial charge is 0.397 e. The molecule has 2 aromatic carbocycles. The van der Waals surface area contributed by atoms with E-state index in [9.17, 15) is 4.79 Å². The van der Waals surface area contributed by atoms with E-state index in [1.807, 2.05) is 54.6 Å². The molecular weight excluding hydrogens is 386 g/mol. The molecule has 0 bridgehead atoms. The molecule has 4 rings (SSSR count). The van der Waals surface area contributed by atoms with Crippen LogP contribution in [-0.2, 0) is 11.2 Å². The lowest BCUT2D eigenvalue weighted by Gasteiger charge is -2.06. The molecule has 2 heterocycles. The molecule has 6 nitrogen and oxygen atoms in total. The molecule has 31 heavy (non-hydrogen) atoms. The maximum absolute atomic E-state index is 12.2. The zero-order valence-electron chi connectivity index (χ0n) is 16.8. The van der Waals surface area contributed by atoms with Crippen LogP contribution in [0.25, 0.3) is 17.3 Å². The summed E-state index contributed by atoms with van der Waals surface area (Å²) in [6.45, 7) is 0. The van der Waals surface area contributed by atoms with Gasteiger partial charge in [-0.05, 0) is 47.5 Å². The lowest BCUT2D eigenvalue weighted by molar-refractivity contribution is -0.111. The Morgan fingerprint density at radius 2 is 1.90 bits per heavy atom. The molecule has 6 heteroatoms. The molecule has 0 radical (unpaired) electrons. The van der Waals surface area contributed by atoms with E-state index in [2.05, 4.69) is 20.3 Å². The summed E-state index contributed by atoms with van der Waals surface area (Å²) in [5, 5.41) is 2.78. The number of nitrogens with one attached hydrogen (secondary N) is 1. The first-order chi connectivity index (χ1) is 15.2. The Morgan fingerprint density at radius 1 is 1.00 bits per heavy atom. The molecule has 0 unspecified atom stereocenters. The summed E-state index contributed by atoms with van der Waals surface area (Å²) in [6, 6.07) is 20.8. The number of nitrogens with zero attached hydrogens (tertiary/aromatic N) is 3. The second-order valence-corrected chi connectivity index (χ2v) is 6.93. The average Bonchev–Trinajstić information content (AvgIpc) is 2.80. The maximum atomic E-state index is 12.2. The van der Waals surface area contributed by atoms with Gasteiger partial charge < -0.3 is 11.1 Å². The summed E-state index contributed by atoms with van der Waals surface area (Å²) in [5.74, 6) is 0.482. The maximum Gasteiger partial charge on any atom is 0.248 e. The van der Waals surface area contributed by atoms with Gasteiger partial charge in [-0.2, -0.15) is 0 Å². The third-order valence-electron chi connectivity index (χ3n) is 4.62. The van der Waals surface area contributed by atoms with Crippen molar-refractivity contribution in [1.82, 2.24) is 15.0 Å². The van der Waals surface area contributed by atoms with Gasteiger partial charge >= 0.3 is 0 Å². The number of hydrogen-bond donors (Lipinski definition) is 2. The number of hydrogen-bond acceptors (Lipinski definition) is 5. The molecule has 0 atom stereocenters. The van der Waals surface area contributed by atoms with E-state index >= 15 is 0 Å². The normalized spacial score (nSPS) is 10.8. The lowest BCUT2D eigenvalue weighted by Crippen LogP contribution is -2.09. The van der Waals surface area contributed by atoms with Gasteiger partial charge in [0.1, 0.15) is 5.82 Å². The average molecular weight is 407 g/mol. The van der Waals surface area contributed by atoms with Gasteiger partial charge in [-0.15, -0.1) is 0 Å². The molecule has 4 aromatic rings. The Morgan fingerprint density at radius 3 is 2.74 bits per heavy atom. The van der Waals surface area contributed by atoms with Crippen LogP contribution in [0.3, 0.4) is 0 Å². The van der Waals surface area contributed by atoms with Gasteiger partial charge in [0.05, 0.1) is 17.1 Å². The number of carbonyl (C=O) groups excluding carboxylic acids is 1. The second-order valence-electron chi connectivity index (χ2n) is 6.93. The first kappa shape index (κ1) is 20.0. The Bertz CT molecular complexity index is 1220. The Balaban J connectivity index is 1.45. The van der Waals surface area contributed by atoms with Crippen molar-refractivity contribution in [2.45, 2.75) is 6.42 Å². The fraction of sp³-hybridized carbons (Fsp3) is 0.0400. The lowest BCUT2D eigenvalue weighted by atomic mass is 10.1. The van der Waals surface area contributed by atoms with E-state index in [4.69, 9.17) is 5.73 Å². The van der Waals surface area contributed by atoms with Crippen molar-refractivity contribution in [3.63, 3.8) is 0 Å². The molecule has 0 spiro atoms. The van der Waals surface area contributed by atoms with Gasteiger partial charge in [0, 0.05) is 36.7 Å². The van der Waals surface area contributed by atoms with E-state index in [1.54, 1.807) is 36.8 Å². The molecular formula is C25H21N5O. The van der Waals surface area contributed by atoms with Crippen LogP contribution in [0.5, 0.6) is 0 Å². The van der Waals surface area contributed by atoms with E-state index in [0.29, 0.717) is 17.8 Å². The summed E-state index contributed by atoms with van der Waals surface area (Å²) in [7, 11) is 0. The molecule has 0 fully saturated rings. The molecule has 0 saturated heterocycles. The number of carbonyl (C=O) groups is 1. The molecule has 0 aliphatic heterocycles. The SMILES string of the molecule is Nc1ccccc1NC(=O)/C=C/c1cccc(Cc2nccc(-c3cccnc3)n2)c1. The summed E-state index contributed by atoms with van der Waals surface area (Å²) in [6.07, 6.45) is 9.12. The minimum absolute atomic E-state index is 0.240. The quantitative estimate of drug-likeness (QED) is 0.366. The summed E-state index contributed by atoms with van der Waals surface area (Å²) < 4.78 is 0. The monoisotopic (exact) mass is 407 g/mol. The number of pyridine rings is 1. The number of nitrogen functional groups attached to an aromatic ring is 1. The van der Waals surface area contributed by atoms with Crippen molar-refractivity contribution in [2.24, 2.45) is 0 Å². The number of benzene rings is 2. The molecule has 1 amide bonds. The van der Waals surface area contributed by atoms with Gasteiger partial charge in [0.25, 0.3) is 0 Å². The van der Waals surface area contributed by atoms with Crippen LogP contribution in [-0.4, -0.2) is 20.9 Å². The fourth-order valence-corrected chi connectivity index (χ4v) is 3.11. The van der Waals surface area contributed by atoms with Crippen molar-refractivity contribution in [3.8, 4) is 11.3 Å². The minimum atomic E-state index is -0.240. The Labute approximate surface area is 180 Å². The highest BCUT2D eigenvalue weighted by Gasteiger charge is 2.05. The van der Waals surface area contributed by atoms with Gasteiger partial charge in [-0.25, -0.2) is 9.97 Å². The van der Waals surface area contributed by atoms with E-state index in [0.717, 1.165) is 28.2 Å². The highest BCUT2D eigenvalue weighted by Crippen LogP contribution is 2.18. The van der Waals surface area contributed by atoms with Crippen LogP contribution in [0, 0.1) is 0 Å². The molecule has 2 aromatic heterocycles. The molecule has 152 valence electrons. The van der Waals surface area contributed by atoms with Crippen molar-refractivity contribution in [1.29, 1.82) is 0 Å². The van der Waals surface area contributed by atoms with Crippen LogP contribution in [0.15, 0.2) is 91.4 Å². The number of rotatable bonds is 6. The zero-order valence-corrected chi connectivity index (χ0v) is 16.8. The standard InChI is InChI=1S/C25H21N5O/c26-21-8-1-2-9-23(21)30-25(31)11-10-18-5-3-6-19(15-18)16-24-28-14-12-22(29-24)20-7-4-13-27-17-20/h1-15,17H,16,26H2,(H,30,31)/b11-10+. The molecule has 0 saturated carbocycles. The Hall–Kier alpha value is -4.32. The Kier molecular flexibility index (Phi) is 6.09. The minimum Gasteiger partial charge on any atom is -0.397 e. The van der Waals surface area contributed by atoms with Crippen molar-refractivity contribution in [2.75, 3.05) is 11.1 Å². The van der Waals surface area contributed by atoms with E-state index in [1.165, 1.54) is 6.08 Å². The zero-order chi connectivity index (χ0) is 21.5. The van der Waals surface area contributed by atoms with Gasteiger partial charge in [-0.1, -0.05) is 36.4 Å². The van der Waals surface area contributed by atoms with Crippen LogP contribution in [0.1, 0.15) is 17.0 Å². The van der Waals surface area contributed by atoms with E-state index < -0.39 is 0 Å². The highest BCUT2D eigenvalue weighted by atomic mass is 16.1. The third-order valence-corrected chi connectivity index (χ3v) is 4.62. The number of anilines is 2. The fourth-order valence-electron chi connectivity index (χ4n) is 3.11. The topological polar surface area (TPSA) is 93.8 Å². The summed E-state index contributed by atoms with van der Waals surface area (Å²) in [5.41, 5.74) is 10.7. The number of nitrogens with two attached hydrogens (primary N) is 1. The second kappa shape index (κ2) is 9.45. The highest BCUT2D eigenvalue weighted by molar-refractivity contribution is 6.03. The van der Waals surface area contributed by atoms with Crippen molar-refractivity contribution < 1.29 is 4.79 Å². The first-order valence-corrected chi connectivity index (χ1v) is 9.82. The van der Waals surface area contributed by atoms with Crippen LogP contribution >= 0.6 is 0 Å². The predicted molar refractivity (Wildman–Crippen MR) is 123 cm³/mol. The van der Waals surface area contributed by atoms with Crippen LogP contribution in [0.4, 0.5) is 11.4 Å². The number of aromatic nitrogens is 3. The summed E-state index contributed by atoms with van der Waals surface area (Å²) >= 11 is 0. The predicted octanol–water partition coefficient (Wildman–Crippen LogP) is 4.36. The van der Waals surface area contributed by atoms with Gasteiger partial charge in [0.2, 0.25) is 5.91 Å². The first-order valence-electron chi connectivity index (χ1n) is 9.82. The van der Waals surface area contributed by atoms with Gasteiger partial charge in [-0.3, -0.25) is 9.78 Å². The molecule has 0 aliphatic carbocycles. The third kappa shape index (κ3) is 5.39. The van der Waals surface area contributed by atoms with Crippen LogP contribution < -0.4 is 11.1 Å². The molecule has 3 N–H and O–H groups in total. The number of para-hydroxylation sites is 2. The smallest absolute Gasteiger partial charge is 0.248 e. The van der Waals surface area contributed by atoms with E-state index in [-0.39, 0.29) is 5.91 Å². The van der Waals surface area contributed by atoms with Gasteiger partial charge in [0.15, 0.2) is 0 Å². The van der Waals surface area contributed by atoms with Crippen molar-refractivity contribution in [3.05, 3.63) is 108 Å². The van der Waals surface area contributed by atoms with Crippen LogP contribution in [0.2, 0.25) is 0 Å². The van der Waals surface area contributed by atoms with Crippen molar-refractivity contribution >= 4 is 23.4 Å². The molecule has 0 aliphatic rings.